The van der Waals surface area contributed by atoms with E-state index >= 15 is 0 Å². The van der Waals surface area contributed by atoms with Gasteiger partial charge in [-0.25, -0.2) is 4.79 Å². The van der Waals surface area contributed by atoms with Crippen LogP contribution in [-0.4, -0.2) is 88.8 Å². The number of fused-ring (bicyclic) bond motifs is 2. The Kier molecular flexibility index (Phi) is 6.25. The third kappa shape index (κ3) is 4.08. The molecular formula is C25H36N4O6. The summed E-state index contributed by atoms with van der Waals surface area (Å²) < 4.78 is 5.28. The third-order valence-corrected chi connectivity index (χ3v) is 8.57. The van der Waals surface area contributed by atoms with Crippen molar-refractivity contribution >= 4 is 29.7 Å². The van der Waals surface area contributed by atoms with Crippen LogP contribution >= 0.6 is 0 Å². The summed E-state index contributed by atoms with van der Waals surface area (Å²) in [5, 5.41) is 2.73. The van der Waals surface area contributed by atoms with Crippen molar-refractivity contribution < 1.29 is 28.7 Å². The van der Waals surface area contributed by atoms with Crippen molar-refractivity contribution in [3.05, 3.63) is 0 Å². The van der Waals surface area contributed by atoms with Crippen molar-refractivity contribution in [2.45, 2.75) is 83.3 Å². The van der Waals surface area contributed by atoms with Crippen LogP contribution in [0, 0.1) is 17.3 Å². The summed E-state index contributed by atoms with van der Waals surface area (Å²) in [6.07, 6.45) is 5.23. The first-order chi connectivity index (χ1) is 16.7. The smallest absolute Gasteiger partial charge is 0.407 e. The van der Waals surface area contributed by atoms with Crippen LogP contribution in [-0.2, 0) is 23.9 Å². The number of hydrogen-bond acceptors (Lipinski definition) is 6. The molecule has 5 rings (SSSR count). The van der Waals surface area contributed by atoms with Gasteiger partial charge in [0.25, 0.3) is 0 Å². The van der Waals surface area contributed by atoms with Gasteiger partial charge < -0.3 is 19.9 Å². The van der Waals surface area contributed by atoms with E-state index < -0.39 is 17.6 Å². The van der Waals surface area contributed by atoms with Crippen LogP contribution in [0.2, 0.25) is 0 Å². The Morgan fingerprint density at radius 2 is 1.83 bits per heavy atom. The number of nitrogens with one attached hydrogen (secondary N) is 1. The third-order valence-electron chi connectivity index (χ3n) is 8.57. The van der Waals surface area contributed by atoms with Gasteiger partial charge in [0, 0.05) is 25.4 Å². The summed E-state index contributed by atoms with van der Waals surface area (Å²) in [4.78, 5) is 69.3. The minimum Gasteiger partial charge on any atom is -0.448 e. The van der Waals surface area contributed by atoms with Crippen LogP contribution in [0.5, 0.6) is 0 Å². The van der Waals surface area contributed by atoms with Gasteiger partial charge in [0.05, 0.1) is 24.0 Å². The minimum atomic E-state index is -0.796. The Balaban J connectivity index is 1.25. The van der Waals surface area contributed by atoms with Crippen molar-refractivity contribution in [2.75, 3.05) is 26.2 Å². The molecule has 3 saturated heterocycles. The summed E-state index contributed by atoms with van der Waals surface area (Å²) >= 11 is 0. The van der Waals surface area contributed by atoms with Crippen LogP contribution in [0.3, 0.4) is 0 Å². The average molecular weight is 489 g/mol. The zero-order valence-electron chi connectivity index (χ0n) is 20.7. The van der Waals surface area contributed by atoms with Crippen molar-refractivity contribution in [1.29, 1.82) is 0 Å². The maximum atomic E-state index is 13.7. The molecule has 5 aliphatic rings. The second kappa shape index (κ2) is 9.09. The van der Waals surface area contributed by atoms with Crippen LogP contribution in [0.4, 0.5) is 4.79 Å². The molecule has 0 radical (unpaired) electrons. The lowest BCUT2D eigenvalue weighted by molar-refractivity contribution is -0.152. The maximum Gasteiger partial charge on any atom is 0.407 e. The largest absolute Gasteiger partial charge is 0.448 e. The summed E-state index contributed by atoms with van der Waals surface area (Å²) in [5.74, 6) is -0.556. The minimum absolute atomic E-state index is 0.0460. The SMILES string of the molecule is CC(C)[C@H](NC(=O)OCCN1CCCC1=O)C(=O)N1CC[C@H]2[C@H]1C1(CCC1)C(=O)N2C(=O)C1CC1. The summed E-state index contributed by atoms with van der Waals surface area (Å²) in [6, 6.07) is -1.38. The molecule has 0 aromatic heterocycles. The standard InChI is InChI=1S/C25H36N4O6/c1-15(2)19(26-24(34)35-14-13-27-11-3-5-18(27)30)22(32)28-12-8-17-20(28)25(9-4-10-25)23(33)29(17)21(31)16-6-7-16/h15-17,19-20H,3-14H2,1-2H3,(H,26,34)/t17-,19-,20-/m0/s1. The van der Waals surface area contributed by atoms with E-state index in [-0.39, 0.29) is 54.2 Å². The maximum absolute atomic E-state index is 13.7. The highest BCUT2D eigenvalue weighted by atomic mass is 16.5. The Hall–Kier alpha value is -2.65. The van der Waals surface area contributed by atoms with Gasteiger partial charge in [-0.1, -0.05) is 20.3 Å². The molecule has 1 spiro atoms. The van der Waals surface area contributed by atoms with Gasteiger partial charge >= 0.3 is 6.09 Å². The molecule has 3 aliphatic heterocycles. The van der Waals surface area contributed by atoms with Crippen LogP contribution in [0.15, 0.2) is 0 Å². The zero-order chi connectivity index (χ0) is 24.9. The molecule has 35 heavy (non-hydrogen) atoms. The first-order valence-electron chi connectivity index (χ1n) is 13.1. The predicted octanol–water partition coefficient (Wildman–Crippen LogP) is 1.28. The van der Waals surface area contributed by atoms with E-state index in [4.69, 9.17) is 4.74 Å². The van der Waals surface area contributed by atoms with Crippen LogP contribution in [0.1, 0.15) is 65.2 Å². The summed E-state index contributed by atoms with van der Waals surface area (Å²) in [6.45, 7) is 5.28. The van der Waals surface area contributed by atoms with Crippen molar-refractivity contribution in [2.24, 2.45) is 17.3 Å². The van der Waals surface area contributed by atoms with Gasteiger partial charge in [-0.3, -0.25) is 24.1 Å². The highest BCUT2D eigenvalue weighted by molar-refractivity contribution is 6.04. The second-order valence-electron chi connectivity index (χ2n) is 11.1. The molecule has 5 fully saturated rings. The van der Waals surface area contributed by atoms with E-state index in [1.165, 1.54) is 4.90 Å². The summed E-state index contributed by atoms with van der Waals surface area (Å²) in [7, 11) is 0. The molecule has 10 heteroatoms. The number of ether oxygens (including phenoxy) is 1. The van der Waals surface area contributed by atoms with Crippen molar-refractivity contribution in [1.82, 2.24) is 20.0 Å². The first kappa shape index (κ1) is 24.1. The number of alkyl carbamates (subject to hydrolysis) is 1. The normalized spacial score (nSPS) is 27.9. The molecule has 3 atom stereocenters. The van der Waals surface area contributed by atoms with E-state index in [0.29, 0.717) is 45.3 Å². The number of imide groups is 1. The number of carbonyl (C=O) groups excluding carboxylic acids is 5. The zero-order valence-corrected chi connectivity index (χ0v) is 20.7. The number of rotatable bonds is 7. The fraction of sp³-hybridized carbons (Fsp3) is 0.800. The Morgan fingerprint density at radius 1 is 1.09 bits per heavy atom. The predicted molar refractivity (Wildman–Crippen MR) is 124 cm³/mol. The molecule has 3 heterocycles. The molecular weight excluding hydrogens is 452 g/mol. The van der Waals surface area contributed by atoms with Gasteiger partial charge in [-0.15, -0.1) is 0 Å². The van der Waals surface area contributed by atoms with Gasteiger partial charge in [-0.05, 0) is 44.4 Å². The second-order valence-corrected chi connectivity index (χ2v) is 11.1. The molecule has 0 aromatic rings. The van der Waals surface area contributed by atoms with Gasteiger partial charge in [-0.2, -0.15) is 0 Å². The molecule has 192 valence electrons. The lowest BCUT2D eigenvalue weighted by atomic mass is 9.64. The van der Waals surface area contributed by atoms with E-state index in [1.807, 2.05) is 13.8 Å². The molecule has 0 aromatic carbocycles. The molecule has 5 amide bonds. The van der Waals surface area contributed by atoms with Gasteiger partial charge in [0.1, 0.15) is 12.6 Å². The number of amides is 5. The van der Waals surface area contributed by atoms with Crippen molar-refractivity contribution in [3.63, 3.8) is 0 Å². The monoisotopic (exact) mass is 488 g/mol. The molecule has 0 bridgehead atoms. The number of nitrogens with zero attached hydrogens (tertiary/aromatic N) is 3. The highest BCUT2D eigenvalue weighted by Gasteiger charge is 2.68. The molecule has 2 aliphatic carbocycles. The topological polar surface area (TPSA) is 116 Å². The van der Waals surface area contributed by atoms with Gasteiger partial charge in [0.15, 0.2) is 0 Å². The Labute approximate surface area is 205 Å². The Morgan fingerprint density at radius 3 is 2.40 bits per heavy atom. The van der Waals surface area contributed by atoms with Gasteiger partial charge in [0.2, 0.25) is 23.6 Å². The van der Waals surface area contributed by atoms with Crippen molar-refractivity contribution in [3.8, 4) is 0 Å². The number of likely N-dealkylation sites (tertiary alicyclic amines) is 3. The molecule has 1 N–H and O–H groups in total. The van der Waals surface area contributed by atoms with E-state index in [1.54, 1.807) is 9.80 Å². The fourth-order valence-corrected chi connectivity index (χ4v) is 6.38. The fourth-order valence-electron chi connectivity index (χ4n) is 6.38. The first-order valence-corrected chi connectivity index (χ1v) is 13.1. The molecule has 0 unspecified atom stereocenters. The number of carbonyl (C=O) groups is 5. The average Bonchev–Trinajstić information content (AvgIpc) is 3.35. The van der Waals surface area contributed by atoms with E-state index in [2.05, 4.69) is 5.32 Å². The number of hydrogen-bond donors (Lipinski definition) is 1. The lowest BCUT2D eigenvalue weighted by Crippen LogP contribution is -2.58. The molecule has 10 nitrogen and oxygen atoms in total. The quantitative estimate of drug-likeness (QED) is 0.540. The Bertz CT molecular complexity index is 927. The highest BCUT2D eigenvalue weighted by Crippen LogP contribution is 2.56. The summed E-state index contributed by atoms with van der Waals surface area (Å²) in [5.41, 5.74) is -0.661. The van der Waals surface area contributed by atoms with Crippen LogP contribution < -0.4 is 5.32 Å². The van der Waals surface area contributed by atoms with E-state index in [0.717, 1.165) is 25.7 Å². The molecule has 2 saturated carbocycles. The van der Waals surface area contributed by atoms with Crippen LogP contribution in [0.25, 0.3) is 0 Å². The lowest BCUT2D eigenvalue weighted by Gasteiger charge is -2.44. The van der Waals surface area contributed by atoms with E-state index in [9.17, 15) is 24.0 Å².